The lowest BCUT2D eigenvalue weighted by Gasteiger charge is -2.28. The number of Topliss-reactive ketones (excluding diaryl/α,β-unsaturated/α-hetero) is 1. The highest BCUT2D eigenvalue weighted by Gasteiger charge is 2.44. The molecule has 4 heteroatoms. The van der Waals surface area contributed by atoms with E-state index < -0.39 is 5.54 Å². The largest absolute Gasteiger partial charge is 0.297 e. The van der Waals surface area contributed by atoms with Crippen molar-refractivity contribution in [3.05, 3.63) is 16.6 Å². The summed E-state index contributed by atoms with van der Waals surface area (Å²) in [7, 11) is 1.99. The molecule has 2 heterocycles. The Balaban J connectivity index is 2.44. The van der Waals surface area contributed by atoms with Gasteiger partial charge in [-0.3, -0.25) is 14.7 Å². The molecule has 70 valence electrons. The molecule has 1 aromatic rings. The third-order valence-corrected chi connectivity index (χ3v) is 3.88. The molecule has 13 heavy (non-hydrogen) atoms. The summed E-state index contributed by atoms with van der Waals surface area (Å²) in [4.78, 5) is 18.9. The van der Waals surface area contributed by atoms with E-state index in [1.165, 1.54) is 0 Å². The van der Waals surface area contributed by atoms with E-state index in [2.05, 4.69) is 9.88 Å². The fourth-order valence-electron chi connectivity index (χ4n) is 1.73. The Kier molecular flexibility index (Phi) is 1.96. The van der Waals surface area contributed by atoms with Gasteiger partial charge in [0.15, 0.2) is 5.78 Å². The molecule has 1 fully saturated rings. The van der Waals surface area contributed by atoms with Crippen LogP contribution >= 0.6 is 11.3 Å². The van der Waals surface area contributed by atoms with E-state index >= 15 is 0 Å². The smallest absolute Gasteiger partial charge is 0.159 e. The maximum absolute atomic E-state index is 11.7. The third-order valence-electron chi connectivity index (χ3n) is 2.89. The van der Waals surface area contributed by atoms with Crippen LogP contribution in [0.1, 0.15) is 18.2 Å². The standard InChI is InChI=1S/C9H12N2OS/c1-9(8-5-10-6-13-8)7(12)3-4-11(9)2/h5-6H,3-4H2,1-2H3. The molecule has 3 nitrogen and oxygen atoms in total. The van der Waals surface area contributed by atoms with Gasteiger partial charge in [-0.05, 0) is 14.0 Å². The lowest BCUT2D eigenvalue weighted by molar-refractivity contribution is -0.124. The molecule has 0 saturated carbocycles. The van der Waals surface area contributed by atoms with Crippen molar-refractivity contribution in [2.75, 3.05) is 13.6 Å². The van der Waals surface area contributed by atoms with Gasteiger partial charge in [0, 0.05) is 19.2 Å². The topological polar surface area (TPSA) is 33.2 Å². The number of carbonyl (C=O) groups is 1. The molecule has 1 unspecified atom stereocenters. The average Bonchev–Trinajstić information content (AvgIpc) is 2.70. The molecule has 0 radical (unpaired) electrons. The van der Waals surface area contributed by atoms with Gasteiger partial charge in [-0.1, -0.05) is 0 Å². The summed E-state index contributed by atoms with van der Waals surface area (Å²) >= 11 is 1.55. The molecule has 0 aromatic carbocycles. The first-order chi connectivity index (χ1) is 6.15. The Bertz CT molecular complexity index is 322. The van der Waals surface area contributed by atoms with E-state index in [4.69, 9.17) is 0 Å². The number of carbonyl (C=O) groups excluding carboxylic acids is 1. The lowest BCUT2D eigenvalue weighted by atomic mass is 9.96. The number of hydrogen-bond donors (Lipinski definition) is 0. The minimum atomic E-state index is -0.416. The third kappa shape index (κ3) is 1.13. The van der Waals surface area contributed by atoms with Crippen LogP contribution < -0.4 is 0 Å². The zero-order valence-electron chi connectivity index (χ0n) is 7.78. The molecule has 0 amide bonds. The average molecular weight is 196 g/mol. The monoisotopic (exact) mass is 196 g/mol. The number of rotatable bonds is 1. The molecular weight excluding hydrogens is 184 g/mol. The van der Waals surface area contributed by atoms with Gasteiger partial charge in [0.05, 0.1) is 10.4 Å². The molecule has 0 spiro atoms. The Hall–Kier alpha value is -0.740. The van der Waals surface area contributed by atoms with Crippen molar-refractivity contribution in [2.24, 2.45) is 0 Å². The summed E-state index contributed by atoms with van der Waals surface area (Å²) in [5.74, 6) is 0.305. The number of nitrogens with zero attached hydrogens (tertiary/aromatic N) is 2. The number of aromatic nitrogens is 1. The van der Waals surface area contributed by atoms with Crippen LogP contribution in [0.3, 0.4) is 0 Å². The van der Waals surface area contributed by atoms with Crippen molar-refractivity contribution >= 4 is 17.1 Å². The van der Waals surface area contributed by atoms with Gasteiger partial charge in [0.1, 0.15) is 5.54 Å². The highest BCUT2D eigenvalue weighted by molar-refractivity contribution is 7.09. The number of ketones is 1. The van der Waals surface area contributed by atoms with Crippen molar-refractivity contribution in [1.29, 1.82) is 0 Å². The second kappa shape index (κ2) is 2.89. The van der Waals surface area contributed by atoms with Crippen LogP contribution in [0.5, 0.6) is 0 Å². The van der Waals surface area contributed by atoms with Gasteiger partial charge in [-0.15, -0.1) is 11.3 Å². The van der Waals surface area contributed by atoms with Gasteiger partial charge >= 0.3 is 0 Å². The maximum Gasteiger partial charge on any atom is 0.159 e. The van der Waals surface area contributed by atoms with Crippen LogP contribution in [0.2, 0.25) is 0 Å². The molecule has 0 bridgehead atoms. The van der Waals surface area contributed by atoms with Crippen molar-refractivity contribution in [3.8, 4) is 0 Å². The fourth-order valence-corrected chi connectivity index (χ4v) is 2.59. The first-order valence-electron chi connectivity index (χ1n) is 4.29. The van der Waals surface area contributed by atoms with E-state index in [-0.39, 0.29) is 0 Å². The Morgan fingerprint density at radius 1 is 1.69 bits per heavy atom. The number of thiazole rings is 1. The second-order valence-electron chi connectivity index (χ2n) is 3.53. The minimum absolute atomic E-state index is 0.305. The lowest BCUT2D eigenvalue weighted by Crippen LogP contribution is -2.39. The van der Waals surface area contributed by atoms with Crippen LogP contribution in [0.15, 0.2) is 11.7 Å². The molecule has 1 atom stereocenters. The molecular formula is C9H12N2OS. The second-order valence-corrected chi connectivity index (χ2v) is 4.42. The summed E-state index contributed by atoms with van der Waals surface area (Å²) in [5.41, 5.74) is 1.36. The van der Waals surface area contributed by atoms with Crippen molar-refractivity contribution in [3.63, 3.8) is 0 Å². The molecule has 0 aliphatic carbocycles. The SMILES string of the molecule is CN1CCC(=O)C1(C)c1cncs1. The first kappa shape index (κ1) is 8.84. The van der Waals surface area contributed by atoms with Crippen molar-refractivity contribution < 1.29 is 4.79 Å². The molecule has 1 saturated heterocycles. The van der Waals surface area contributed by atoms with E-state index in [1.807, 2.05) is 14.0 Å². The highest BCUT2D eigenvalue weighted by Crippen LogP contribution is 2.35. The molecule has 1 aliphatic heterocycles. The summed E-state index contributed by atoms with van der Waals surface area (Å²) in [6.45, 7) is 2.84. The van der Waals surface area contributed by atoms with Crippen molar-refractivity contribution in [2.45, 2.75) is 18.9 Å². The van der Waals surface area contributed by atoms with Crippen LogP contribution in [0.4, 0.5) is 0 Å². The van der Waals surface area contributed by atoms with Crippen molar-refractivity contribution in [1.82, 2.24) is 9.88 Å². The number of hydrogen-bond acceptors (Lipinski definition) is 4. The summed E-state index contributed by atoms with van der Waals surface area (Å²) in [6, 6.07) is 0. The maximum atomic E-state index is 11.7. The van der Waals surface area contributed by atoms with E-state index in [9.17, 15) is 4.79 Å². The number of likely N-dealkylation sites (N-methyl/N-ethyl adjacent to an activating group) is 1. The molecule has 1 aromatic heterocycles. The van der Waals surface area contributed by atoms with Gasteiger partial charge < -0.3 is 0 Å². The van der Waals surface area contributed by atoms with Crippen LogP contribution in [0.25, 0.3) is 0 Å². The molecule has 0 N–H and O–H groups in total. The van der Waals surface area contributed by atoms with E-state index in [1.54, 1.807) is 23.0 Å². The summed E-state index contributed by atoms with van der Waals surface area (Å²) in [6.07, 6.45) is 2.45. The van der Waals surface area contributed by atoms with Gasteiger partial charge in [-0.25, -0.2) is 0 Å². The molecule has 2 rings (SSSR count). The zero-order valence-corrected chi connectivity index (χ0v) is 8.60. The van der Waals surface area contributed by atoms with E-state index in [0.29, 0.717) is 12.2 Å². The fraction of sp³-hybridized carbons (Fsp3) is 0.556. The van der Waals surface area contributed by atoms with Crippen LogP contribution in [-0.2, 0) is 10.3 Å². The number of likely N-dealkylation sites (tertiary alicyclic amines) is 1. The normalized spacial score (nSPS) is 29.8. The Labute approximate surface area is 81.4 Å². The van der Waals surface area contributed by atoms with Gasteiger partial charge in [0.2, 0.25) is 0 Å². The van der Waals surface area contributed by atoms with Crippen LogP contribution in [0, 0.1) is 0 Å². The summed E-state index contributed by atoms with van der Waals surface area (Å²) < 4.78 is 0. The quantitative estimate of drug-likeness (QED) is 0.678. The van der Waals surface area contributed by atoms with Crippen LogP contribution in [-0.4, -0.2) is 29.3 Å². The Morgan fingerprint density at radius 2 is 2.46 bits per heavy atom. The minimum Gasteiger partial charge on any atom is -0.297 e. The molecule has 1 aliphatic rings. The highest BCUT2D eigenvalue weighted by atomic mass is 32.1. The Morgan fingerprint density at radius 3 is 2.92 bits per heavy atom. The van der Waals surface area contributed by atoms with Gasteiger partial charge in [-0.2, -0.15) is 0 Å². The van der Waals surface area contributed by atoms with Gasteiger partial charge in [0.25, 0.3) is 0 Å². The predicted molar refractivity (Wildman–Crippen MR) is 51.7 cm³/mol. The zero-order chi connectivity index (χ0) is 9.47. The summed E-state index contributed by atoms with van der Waals surface area (Å²) in [5, 5.41) is 0. The van der Waals surface area contributed by atoms with E-state index in [0.717, 1.165) is 11.4 Å². The first-order valence-corrected chi connectivity index (χ1v) is 5.17. The predicted octanol–water partition coefficient (Wildman–Crippen LogP) is 1.26.